The van der Waals surface area contributed by atoms with E-state index in [9.17, 15) is 9.59 Å². The van der Waals surface area contributed by atoms with Gasteiger partial charge in [-0.05, 0) is 38.8 Å². The third-order valence-corrected chi connectivity index (χ3v) is 2.39. The van der Waals surface area contributed by atoms with Gasteiger partial charge in [0, 0.05) is 0 Å². The molecule has 0 radical (unpaired) electrons. The molecule has 0 aromatic carbocycles. The Morgan fingerprint density at radius 3 is 2.35 bits per heavy atom. The zero-order chi connectivity index (χ0) is 13.3. The molecule has 1 fully saturated rings. The number of carbonyl (C=O) groups is 2. The van der Waals surface area contributed by atoms with Crippen molar-refractivity contribution in [3.63, 3.8) is 0 Å². The van der Waals surface area contributed by atoms with Gasteiger partial charge in [-0.25, -0.2) is 0 Å². The maximum Gasteiger partial charge on any atom is 0.320 e. The molecule has 100 valence electrons. The number of nitrogens with one attached hydrogen (secondary N) is 1. The van der Waals surface area contributed by atoms with Gasteiger partial charge in [-0.15, -0.1) is 0 Å². The van der Waals surface area contributed by atoms with Gasteiger partial charge in [0.1, 0.15) is 12.1 Å². The van der Waals surface area contributed by atoms with Gasteiger partial charge in [0.2, 0.25) is 0 Å². The monoisotopic (exact) mass is 247 g/mol. The van der Waals surface area contributed by atoms with Crippen molar-refractivity contribution in [2.24, 2.45) is 11.5 Å². The third kappa shape index (κ3) is 7.67. The van der Waals surface area contributed by atoms with Gasteiger partial charge in [0.15, 0.2) is 0 Å². The van der Waals surface area contributed by atoms with E-state index in [1.54, 1.807) is 0 Å². The van der Waals surface area contributed by atoms with E-state index in [1.807, 2.05) is 0 Å². The highest BCUT2D eigenvalue weighted by Gasteiger charge is 2.20. The van der Waals surface area contributed by atoms with Crippen LogP contribution in [-0.2, 0) is 9.59 Å². The highest BCUT2D eigenvalue weighted by molar-refractivity contribution is 5.73. The van der Waals surface area contributed by atoms with Crippen molar-refractivity contribution in [1.29, 1.82) is 0 Å². The van der Waals surface area contributed by atoms with Crippen molar-refractivity contribution >= 4 is 11.9 Å². The van der Waals surface area contributed by atoms with E-state index < -0.39 is 18.0 Å². The first kappa shape index (κ1) is 15.8. The van der Waals surface area contributed by atoms with Crippen molar-refractivity contribution < 1.29 is 19.8 Å². The van der Waals surface area contributed by atoms with Crippen LogP contribution in [0.1, 0.15) is 25.7 Å². The van der Waals surface area contributed by atoms with Crippen LogP contribution in [0.4, 0.5) is 0 Å². The van der Waals surface area contributed by atoms with Crippen LogP contribution in [0.25, 0.3) is 0 Å². The van der Waals surface area contributed by atoms with Gasteiger partial charge < -0.3 is 27.0 Å². The van der Waals surface area contributed by atoms with Crippen LogP contribution < -0.4 is 16.8 Å². The summed E-state index contributed by atoms with van der Waals surface area (Å²) in [4.78, 5) is 20.2. The molecule has 0 saturated carbocycles. The lowest BCUT2D eigenvalue weighted by molar-refractivity contribution is -0.139. The Morgan fingerprint density at radius 1 is 1.41 bits per heavy atom. The smallest absolute Gasteiger partial charge is 0.320 e. The van der Waals surface area contributed by atoms with Gasteiger partial charge in [0.05, 0.1) is 0 Å². The van der Waals surface area contributed by atoms with E-state index in [4.69, 9.17) is 21.7 Å². The van der Waals surface area contributed by atoms with Gasteiger partial charge in [-0.2, -0.15) is 0 Å². The molecule has 7 nitrogen and oxygen atoms in total. The number of aliphatic carboxylic acids is 2. The number of rotatable bonds is 5. The molecule has 1 heterocycles. The molecule has 7 heteroatoms. The lowest BCUT2D eigenvalue weighted by Gasteiger charge is -2.02. The van der Waals surface area contributed by atoms with E-state index in [-0.39, 0.29) is 6.04 Å². The summed E-state index contributed by atoms with van der Waals surface area (Å²) in [5.41, 5.74) is 10.3. The lowest BCUT2D eigenvalue weighted by Crippen LogP contribution is -2.30. The molecule has 1 aliphatic rings. The maximum atomic E-state index is 10.1. The topological polar surface area (TPSA) is 139 Å². The van der Waals surface area contributed by atoms with E-state index >= 15 is 0 Å². The molecular formula is C10H21N3O4. The number of hydrogen-bond donors (Lipinski definition) is 5. The Bertz CT molecular complexity index is 242. The Labute approximate surface area is 100 Å². The van der Waals surface area contributed by atoms with Crippen LogP contribution in [0.3, 0.4) is 0 Å². The molecule has 0 aliphatic carbocycles. The molecule has 0 unspecified atom stereocenters. The predicted octanol–water partition coefficient (Wildman–Crippen LogP) is -1.04. The van der Waals surface area contributed by atoms with Crippen LogP contribution >= 0.6 is 0 Å². The minimum atomic E-state index is -0.955. The van der Waals surface area contributed by atoms with E-state index in [0.29, 0.717) is 19.4 Å². The molecule has 0 aromatic rings. The summed E-state index contributed by atoms with van der Waals surface area (Å²) in [7, 11) is 0. The fourth-order valence-corrected chi connectivity index (χ4v) is 1.36. The number of nitrogens with two attached hydrogens (primary N) is 2. The van der Waals surface area contributed by atoms with Crippen molar-refractivity contribution in [3.05, 3.63) is 0 Å². The summed E-state index contributed by atoms with van der Waals surface area (Å²) in [5, 5.41) is 19.5. The summed E-state index contributed by atoms with van der Waals surface area (Å²) in [6.45, 7) is 1.36. The summed E-state index contributed by atoms with van der Waals surface area (Å²) in [5.74, 6) is -1.68. The Hall–Kier alpha value is -1.18. The molecule has 0 aromatic heterocycles. The Balaban J connectivity index is 0.000000302. The molecule has 1 aliphatic heterocycles. The van der Waals surface area contributed by atoms with Gasteiger partial charge in [-0.1, -0.05) is 0 Å². The van der Waals surface area contributed by atoms with Crippen molar-refractivity contribution in [2.75, 3.05) is 13.1 Å². The first-order valence-electron chi connectivity index (χ1n) is 5.63. The van der Waals surface area contributed by atoms with Crippen LogP contribution in [0.5, 0.6) is 0 Å². The second-order valence-corrected chi connectivity index (χ2v) is 3.86. The zero-order valence-electron chi connectivity index (χ0n) is 9.76. The molecule has 0 spiro atoms. The first-order valence-corrected chi connectivity index (χ1v) is 5.63. The Kier molecular flexibility index (Phi) is 8.29. The summed E-state index contributed by atoms with van der Waals surface area (Å²) in [6, 6.07) is -1.01. The maximum absolute atomic E-state index is 10.1. The fourth-order valence-electron chi connectivity index (χ4n) is 1.36. The molecule has 1 saturated heterocycles. The predicted molar refractivity (Wildman–Crippen MR) is 62.6 cm³/mol. The van der Waals surface area contributed by atoms with E-state index in [0.717, 1.165) is 19.4 Å². The van der Waals surface area contributed by atoms with Gasteiger partial charge in [-0.3, -0.25) is 9.59 Å². The van der Waals surface area contributed by atoms with Crippen LogP contribution in [0, 0.1) is 0 Å². The standard InChI is InChI=1S/C5H12N2O2.C5H9NO2/c6-3-1-2-4(7)5(8)9;7-5(8)4-2-1-3-6-4/h4H,1-3,6-7H2,(H,8,9);4,6H,1-3H2,(H,7,8)/t2*4-/m00/s1. The zero-order valence-corrected chi connectivity index (χ0v) is 9.76. The second-order valence-electron chi connectivity index (χ2n) is 3.86. The highest BCUT2D eigenvalue weighted by atomic mass is 16.4. The first-order chi connectivity index (χ1) is 7.99. The number of carboxylic acid groups (broad SMARTS) is 2. The highest BCUT2D eigenvalue weighted by Crippen LogP contribution is 2.03. The molecule has 17 heavy (non-hydrogen) atoms. The summed E-state index contributed by atoms with van der Waals surface area (Å²) < 4.78 is 0. The van der Waals surface area contributed by atoms with Crippen LogP contribution in [-0.4, -0.2) is 47.3 Å². The van der Waals surface area contributed by atoms with Gasteiger partial charge in [0.25, 0.3) is 0 Å². The normalized spacial score (nSPS) is 20.2. The van der Waals surface area contributed by atoms with Crippen molar-refractivity contribution in [2.45, 2.75) is 37.8 Å². The molecule has 2 atom stereocenters. The van der Waals surface area contributed by atoms with Gasteiger partial charge >= 0.3 is 11.9 Å². The fraction of sp³-hybridized carbons (Fsp3) is 0.800. The van der Waals surface area contributed by atoms with E-state index in [1.165, 1.54) is 0 Å². The Morgan fingerprint density at radius 2 is 2.06 bits per heavy atom. The minimum absolute atomic E-state index is 0.269. The SMILES string of the molecule is NCCC[C@H](N)C(=O)O.O=C(O)[C@@H]1CCCN1. The van der Waals surface area contributed by atoms with Crippen molar-refractivity contribution in [1.82, 2.24) is 5.32 Å². The quantitative estimate of drug-likeness (QED) is 0.418. The molecule has 0 bridgehead atoms. The lowest BCUT2D eigenvalue weighted by atomic mass is 10.2. The summed E-state index contributed by atoms with van der Waals surface area (Å²) >= 11 is 0. The minimum Gasteiger partial charge on any atom is -0.480 e. The van der Waals surface area contributed by atoms with Crippen LogP contribution in [0.2, 0.25) is 0 Å². The molecule has 7 N–H and O–H groups in total. The van der Waals surface area contributed by atoms with E-state index in [2.05, 4.69) is 5.32 Å². The average Bonchev–Trinajstić information content (AvgIpc) is 2.80. The summed E-state index contributed by atoms with van der Waals surface area (Å²) in [6.07, 6.45) is 2.92. The second kappa shape index (κ2) is 8.91. The number of hydrogen-bond acceptors (Lipinski definition) is 5. The largest absolute Gasteiger partial charge is 0.480 e. The number of carboxylic acids is 2. The molecule has 0 amide bonds. The molecular weight excluding hydrogens is 226 g/mol. The average molecular weight is 247 g/mol. The van der Waals surface area contributed by atoms with Crippen LogP contribution in [0.15, 0.2) is 0 Å². The van der Waals surface area contributed by atoms with Crippen molar-refractivity contribution in [3.8, 4) is 0 Å². The third-order valence-electron chi connectivity index (χ3n) is 2.39. The molecule has 1 rings (SSSR count).